The van der Waals surface area contributed by atoms with E-state index in [-0.39, 0.29) is 12.1 Å². The molecule has 1 atom stereocenters. The maximum absolute atomic E-state index is 11.9. The lowest BCUT2D eigenvalue weighted by atomic mass is 10.0. The second-order valence-electron chi connectivity index (χ2n) is 4.28. The first-order valence-electron chi connectivity index (χ1n) is 6.34. The van der Waals surface area contributed by atoms with Gasteiger partial charge < -0.3 is 15.1 Å². The fourth-order valence-electron chi connectivity index (χ4n) is 1.85. The van der Waals surface area contributed by atoms with Crippen molar-refractivity contribution in [3.05, 3.63) is 60.1 Å². The number of rotatable bonds is 5. The van der Waals surface area contributed by atoms with Gasteiger partial charge in [-0.2, -0.15) is 0 Å². The molecular weight excluding hydrogens is 252 g/mol. The molecule has 0 spiro atoms. The third-order valence-corrected chi connectivity index (χ3v) is 2.83. The Morgan fingerprint density at radius 1 is 1.25 bits per heavy atom. The van der Waals surface area contributed by atoms with Crippen LogP contribution in [0.4, 0.5) is 4.79 Å². The van der Waals surface area contributed by atoms with Crippen molar-refractivity contribution < 1.29 is 9.21 Å². The quantitative estimate of drug-likeness (QED) is 0.819. The fraction of sp³-hybridized carbons (Fsp3) is 0.188. The lowest BCUT2D eigenvalue weighted by Crippen LogP contribution is -2.37. The summed E-state index contributed by atoms with van der Waals surface area (Å²) in [5, 5.41) is 5.59. The number of carbonyl (C=O) groups is 1. The molecule has 0 radical (unpaired) electrons. The van der Waals surface area contributed by atoms with Crippen molar-refractivity contribution in [2.45, 2.75) is 19.0 Å². The summed E-state index contributed by atoms with van der Waals surface area (Å²) in [6.45, 7) is 0.344. The van der Waals surface area contributed by atoms with E-state index in [1.807, 2.05) is 30.3 Å². The van der Waals surface area contributed by atoms with Gasteiger partial charge in [-0.25, -0.2) is 4.79 Å². The first-order valence-corrected chi connectivity index (χ1v) is 6.34. The summed E-state index contributed by atoms with van der Waals surface area (Å²) >= 11 is 0. The number of hydrogen-bond donors (Lipinski definition) is 2. The molecule has 0 saturated heterocycles. The Labute approximate surface area is 118 Å². The van der Waals surface area contributed by atoms with Gasteiger partial charge >= 0.3 is 6.03 Å². The van der Waals surface area contributed by atoms with Crippen molar-refractivity contribution in [3.63, 3.8) is 0 Å². The van der Waals surface area contributed by atoms with E-state index < -0.39 is 0 Å². The Balaban J connectivity index is 1.91. The van der Waals surface area contributed by atoms with Gasteiger partial charge in [-0.15, -0.1) is 12.3 Å². The van der Waals surface area contributed by atoms with Crippen molar-refractivity contribution in [1.29, 1.82) is 0 Å². The number of amides is 2. The van der Waals surface area contributed by atoms with Crippen LogP contribution in [0.2, 0.25) is 0 Å². The van der Waals surface area contributed by atoms with Gasteiger partial charge in [0.15, 0.2) is 0 Å². The van der Waals surface area contributed by atoms with Crippen LogP contribution in [0, 0.1) is 12.3 Å². The Morgan fingerprint density at radius 3 is 2.70 bits per heavy atom. The van der Waals surface area contributed by atoms with Crippen molar-refractivity contribution in [1.82, 2.24) is 10.6 Å². The number of hydrogen-bond acceptors (Lipinski definition) is 2. The largest absolute Gasteiger partial charge is 0.467 e. The molecule has 0 aliphatic carbocycles. The second kappa shape index (κ2) is 7.05. The summed E-state index contributed by atoms with van der Waals surface area (Å²) in [6.07, 6.45) is 7.37. The lowest BCUT2D eigenvalue weighted by Gasteiger charge is -2.17. The van der Waals surface area contributed by atoms with E-state index in [4.69, 9.17) is 10.8 Å². The average molecular weight is 268 g/mol. The maximum Gasteiger partial charge on any atom is 0.315 e. The molecule has 2 N–H and O–H groups in total. The van der Waals surface area contributed by atoms with E-state index in [0.29, 0.717) is 18.7 Å². The van der Waals surface area contributed by atoms with Crippen molar-refractivity contribution in [3.8, 4) is 12.3 Å². The third kappa shape index (κ3) is 3.92. The van der Waals surface area contributed by atoms with Gasteiger partial charge in [0.2, 0.25) is 0 Å². The van der Waals surface area contributed by atoms with Crippen LogP contribution in [0.3, 0.4) is 0 Å². The molecular formula is C16H16N2O2. The van der Waals surface area contributed by atoms with Crippen LogP contribution in [0.1, 0.15) is 23.8 Å². The summed E-state index contributed by atoms with van der Waals surface area (Å²) in [4.78, 5) is 11.9. The molecule has 0 bridgehead atoms. The molecule has 4 heteroatoms. The molecule has 2 rings (SSSR count). The summed E-state index contributed by atoms with van der Waals surface area (Å²) in [5.41, 5.74) is 0.985. The molecule has 1 aromatic heterocycles. The van der Waals surface area contributed by atoms with E-state index in [1.165, 1.54) is 0 Å². The molecule has 1 aromatic carbocycles. The van der Waals surface area contributed by atoms with Crippen LogP contribution in [-0.2, 0) is 6.54 Å². The Hall–Kier alpha value is -2.67. The molecule has 1 heterocycles. The summed E-state index contributed by atoms with van der Waals surface area (Å²) < 4.78 is 5.15. The van der Waals surface area contributed by atoms with Crippen molar-refractivity contribution in [2.24, 2.45) is 0 Å². The first-order chi connectivity index (χ1) is 9.79. The molecule has 2 aromatic rings. The fourth-order valence-corrected chi connectivity index (χ4v) is 1.85. The van der Waals surface area contributed by atoms with E-state index in [1.54, 1.807) is 18.4 Å². The first kappa shape index (κ1) is 13.8. The average Bonchev–Trinajstić information content (AvgIpc) is 2.99. The molecule has 0 aliphatic rings. The maximum atomic E-state index is 11.9. The number of nitrogens with one attached hydrogen (secondary N) is 2. The van der Waals surface area contributed by atoms with Crippen LogP contribution >= 0.6 is 0 Å². The van der Waals surface area contributed by atoms with Gasteiger partial charge in [0.25, 0.3) is 0 Å². The second-order valence-corrected chi connectivity index (χ2v) is 4.28. The van der Waals surface area contributed by atoms with Crippen LogP contribution in [-0.4, -0.2) is 6.03 Å². The molecule has 1 unspecified atom stereocenters. The highest BCUT2D eigenvalue weighted by molar-refractivity contribution is 5.74. The van der Waals surface area contributed by atoms with Crippen molar-refractivity contribution in [2.75, 3.05) is 0 Å². The number of carbonyl (C=O) groups excluding carboxylic acids is 1. The number of terminal acetylenes is 1. The molecule has 102 valence electrons. The monoisotopic (exact) mass is 268 g/mol. The van der Waals surface area contributed by atoms with Crippen LogP contribution in [0.25, 0.3) is 0 Å². The molecule has 4 nitrogen and oxygen atoms in total. The standard InChI is InChI=1S/C16H16N2O2/c1-2-7-15(13-8-4-3-5-9-13)18-16(19)17-12-14-10-6-11-20-14/h1,3-6,8-11,15H,7,12H2,(H2,17,18,19). The van der Waals surface area contributed by atoms with E-state index in [9.17, 15) is 4.79 Å². The minimum atomic E-state index is -0.273. The summed E-state index contributed by atoms with van der Waals surface area (Å²) in [6, 6.07) is 12.7. The van der Waals surface area contributed by atoms with Gasteiger partial charge in [0.1, 0.15) is 5.76 Å². The van der Waals surface area contributed by atoms with E-state index in [0.717, 1.165) is 5.56 Å². The van der Waals surface area contributed by atoms with Gasteiger partial charge in [-0.1, -0.05) is 30.3 Å². The van der Waals surface area contributed by atoms with Crippen molar-refractivity contribution >= 4 is 6.03 Å². The van der Waals surface area contributed by atoms with Gasteiger partial charge in [-0.05, 0) is 17.7 Å². The van der Waals surface area contributed by atoms with Gasteiger partial charge in [0.05, 0.1) is 18.8 Å². The van der Waals surface area contributed by atoms with Gasteiger partial charge in [-0.3, -0.25) is 0 Å². The van der Waals surface area contributed by atoms with Gasteiger partial charge in [0, 0.05) is 6.42 Å². The van der Waals surface area contributed by atoms with E-state index in [2.05, 4.69) is 16.6 Å². The molecule has 2 amide bonds. The topological polar surface area (TPSA) is 54.3 Å². The summed E-state index contributed by atoms with van der Waals surface area (Å²) in [5.74, 6) is 3.28. The molecule has 0 aliphatic heterocycles. The summed E-state index contributed by atoms with van der Waals surface area (Å²) in [7, 11) is 0. The predicted molar refractivity (Wildman–Crippen MR) is 76.7 cm³/mol. The van der Waals surface area contributed by atoms with Crippen LogP contribution < -0.4 is 10.6 Å². The SMILES string of the molecule is C#CCC(NC(=O)NCc1ccco1)c1ccccc1. The third-order valence-electron chi connectivity index (χ3n) is 2.83. The highest BCUT2D eigenvalue weighted by Crippen LogP contribution is 2.15. The Kier molecular flexibility index (Phi) is 4.85. The minimum Gasteiger partial charge on any atom is -0.467 e. The number of furan rings is 1. The highest BCUT2D eigenvalue weighted by atomic mass is 16.3. The predicted octanol–water partition coefficient (Wildman–Crippen LogP) is 2.84. The van der Waals surface area contributed by atoms with Crippen LogP contribution in [0.15, 0.2) is 53.1 Å². The number of benzene rings is 1. The normalized spacial score (nSPS) is 11.3. The number of urea groups is 1. The zero-order chi connectivity index (χ0) is 14.2. The Morgan fingerprint density at radius 2 is 2.05 bits per heavy atom. The zero-order valence-corrected chi connectivity index (χ0v) is 11.0. The molecule has 20 heavy (non-hydrogen) atoms. The minimum absolute atomic E-state index is 0.196. The Bertz CT molecular complexity index is 570. The van der Waals surface area contributed by atoms with E-state index >= 15 is 0 Å². The van der Waals surface area contributed by atoms with Crippen LogP contribution in [0.5, 0.6) is 0 Å². The lowest BCUT2D eigenvalue weighted by molar-refractivity contribution is 0.236. The molecule has 0 fully saturated rings. The highest BCUT2D eigenvalue weighted by Gasteiger charge is 2.13. The molecule has 0 saturated carbocycles. The smallest absolute Gasteiger partial charge is 0.315 e. The zero-order valence-electron chi connectivity index (χ0n) is 11.0.